The molecular formula is C41H48N8O8. The lowest BCUT2D eigenvalue weighted by Crippen LogP contribution is -2.51. The molecule has 3 aliphatic rings. The Hall–Kier alpha value is -6.32. The summed E-state index contributed by atoms with van der Waals surface area (Å²) in [5.41, 5.74) is 7.45. The summed E-state index contributed by atoms with van der Waals surface area (Å²) < 4.78 is 22.0. The van der Waals surface area contributed by atoms with Crippen LogP contribution in [-0.2, 0) is 25.6 Å². The maximum atomic E-state index is 13.5. The van der Waals surface area contributed by atoms with Crippen LogP contribution >= 0.6 is 0 Å². The summed E-state index contributed by atoms with van der Waals surface area (Å²) in [6.45, 7) is 7.73. The molecule has 0 saturated carbocycles. The fraction of sp³-hybridized carbons (Fsp3) is 0.415. The van der Waals surface area contributed by atoms with E-state index in [2.05, 4.69) is 35.3 Å². The molecule has 4 aromatic rings. The second-order valence-corrected chi connectivity index (χ2v) is 14.6. The number of carbonyl (C=O) groups is 4. The largest absolute Gasteiger partial charge is 0.488 e. The molecule has 0 bridgehead atoms. The number of amides is 4. The Labute approximate surface area is 330 Å². The Morgan fingerprint density at radius 2 is 1.54 bits per heavy atom. The van der Waals surface area contributed by atoms with Crippen LogP contribution in [0.15, 0.2) is 48.8 Å². The highest BCUT2D eigenvalue weighted by atomic mass is 16.5. The van der Waals surface area contributed by atoms with E-state index in [4.69, 9.17) is 14.2 Å². The Bertz CT molecular complexity index is 2190. The predicted octanol–water partition coefficient (Wildman–Crippen LogP) is 5.30. The zero-order chi connectivity index (χ0) is 40.2. The number of alkyl carbamates (subject to hydrolysis) is 2. The van der Waals surface area contributed by atoms with Gasteiger partial charge in [-0.2, -0.15) is 0 Å². The van der Waals surface area contributed by atoms with Crippen molar-refractivity contribution >= 4 is 35.1 Å². The molecule has 3 aliphatic heterocycles. The molecule has 57 heavy (non-hydrogen) atoms. The van der Waals surface area contributed by atoms with Crippen molar-refractivity contribution in [3.63, 3.8) is 0 Å². The zero-order valence-electron chi connectivity index (χ0n) is 32.8. The number of aromatic amines is 2. The molecule has 2 atom stereocenters. The van der Waals surface area contributed by atoms with Gasteiger partial charge in [0.05, 0.1) is 50.6 Å². The summed E-state index contributed by atoms with van der Waals surface area (Å²) in [5, 5.41) is 5.13. The maximum absolute atomic E-state index is 13.5. The second-order valence-electron chi connectivity index (χ2n) is 14.6. The van der Waals surface area contributed by atoms with Crippen molar-refractivity contribution in [2.75, 3.05) is 47.1 Å². The SMILES string of the molecule is CCCN(Cc1ncc(-c2ccc3c(c2)OCC2=C3COc3cc(-c4cnc(C5CCCN5C(=O)CNC(=O)OC)[nH]4)ccc32)[nH]1)C(=O)C(NC(=O)OC)C(C)C. The lowest BCUT2D eigenvalue weighted by atomic mass is 9.89. The van der Waals surface area contributed by atoms with Crippen LogP contribution in [0.1, 0.15) is 68.9 Å². The monoisotopic (exact) mass is 780 g/mol. The average molecular weight is 781 g/mol. The molecule has 1 saturated heterocycles. The van der Waals surface area contributed by atoms with Crippen LogP contribution in [0.5, 0.6) is 11.5 Å². The van der Waals surface area contributed by atoms with Gasteiger partial charge in [-0.3, -0.25) is 9.59 Å². The smallest absolute Gasteiger partial charge is 0.407 e. The van der Waals surface area contributed by atoms with Crippen LogP contribution in [-0.4, -0.2) is 107 Å². The molecule has 4 amide bonds. The van der Waals surface area contributed by atoms with E-state index in [9.17, 15) is 19.2 Å². The lowest BCUT2D eigenvalue weighted by Gasteiger charge is -2.30. The molecule has 300 valence electrons. The Morgan fingerprint density at radius 3 is 2.16 bits per heavy atom. The molecule has 1 fully saturated rings. The number of carbonyl (C=O) groups excluding carboxylic acids is 4. The molecule has 16 nitrogen and oxygen atoms in total. The van der Waals surface area contributed by atoms with Crippen LogP contribution in [0, 0.1) is 5.92 Å². The van der Waals surface area contributed by atoms with Gasteiger partial charge >= 0.3 is 12.2 Å². The first-order valence-electron chi connectivity index (χ1n) is 19.2. The van der Waals surface area contributed by atoms with Gasteiger partial charge in [-0.1, -0.05) is 45.0 Å². The third-order valence-corrected chi connectivity index (χ3v) is 10.6. The number of imidazole rings is 2. The molecule has 2 aromatic carbocycles. The molecule has 5 heterocycles. The van der Waals surface area contributed by atoms with Crippen molar-refractivity contribution in [3.05, 3.63) is 71.6 Å². The third kappa shape index (κ3) is 8.16. The van der Waals surface area contributed by atoms with Crippen molar-refractivity contribution in [3.8, 4) is 34.0 Å². The summed E-state index contributed by atoms with van der Waals surface area (Å²) >= 11 is 0. The van der Waals surface area contributed by atoms with Gasteiger partial charge in [-0.05, 0) is 37.3 Å². The van der Waals surface area contributed by atoms with Crippen molar-refractivity contribution in [2.45, 2.75) is 58.7 Å². The molecule has 2 aromatic heterocycles. The minimum absolute atomic E-state index is 0.134. The quantitative estimate of drug-likeness (QED) is 0.147. The Morgan fingerprint density at radius 1 is 0.912 bits per heavy atom. The maximum Gasteiger partial charge on any atom is 0.407 e. The highest BCUT2D eigenvalue weighted by molar-refractivity contribution is 5.98. The van der Waals surface area contributed by atoms with E-state index in [0.29, 0.717) is 38.0 Å². The number of benzene rings is 2. The van der Waals surface area contributed by atoms with Gasteiger partial charge in [0.15, 0.2) is 0 Å². The normalized spacial score (nSPS) is 16.1. The number of fused-ring (bicyclic) bond motifs is 4. The number of rotatable bonds is 12. The molecule has 7 rings (SSSR count). The number of ether oxygens (including phenoxy) is 4. The van der Waals surface area contributed by atoms with Crippen molar-refractivity contribution < 1.29 is 38.1 Å². The van der Waals surface area contributed by atoms with Crippen molar-refractivity contribution in [1.29, 1.82) is 0 Å². The minimum atomic E-state index is -0.726. The van der Waals surface area contributed by atoms with Gasteiger partial charge in [-0.25, -0.2) is 19.6 Å². The van der Waals surface area contributed by atoms with Crippen LogP contribution in [0.2, 0.25) is 0 Å². The summed E-state index contributed by atoms with van der Waals surface area (Å²) in [5.74, 6) is 2.29. The number of aromatic nitrogens is 4. The van der Waals surface area contributed by atoms with Gasteiger partial charge in [0, 0.05) is 46.5 Å². The third-order valence-electron chi connectivity index (χ3n) is 10.6. The van der Waals surface area contributed by atoms with Crippen molar-refractivity contribution in [2.24, 2.45) is 5.92 Å². The second kappa shape index (κ2) is 16.8. The summed E-state index contributed by atoms with van der Waals surface area (Å²) in [6, 6.07) is 11.2. The summed E-state index contributed by atoms with van der Waals surface area (Å²) in [6.07, 6.45) is 4.58. The molecule has 4 N–H and O–H groups in total. The van der Waals surface area contributed by atoms with E-state index in [0.717, 1.165) is 75.5 Å². The van der Waals surface area contributed by atoms with Gasteiger partial charge in [0.25, 0.3) is 0 Å². The fourth-order valence-corrected chi connectivity index (χ4v) is 7.60. The van der Waals surface area contributed by atoms with Crippen molar-refractivity contribution in [1.82, 2.24) is 40.4 Å². The molecule has 2 unspecified atom stereocenters. The number of likely N-dealkylation sites (tertiary alicyclic amines) is 1. The van der Waals surface area contributed by atoms with E-state index >= 15 is 0 Å². The Kier molecular flexibility index (Phi) is 11.5. The van der Waals surface area contributed by atoms with E-state index in [1.165, 1.54) is 14.2 Å². The standard InChI is InChI=1S/C41H48N8O8/c1-6-13-48(39(51)37(23(2)3)47-41(53)55-5)20-35-42-17-30(45-35)24-9-11-26-28-22-57-34-16-25(10-12-27(34)29(28)21-56-33(26)15-24)31-18-43-38(46-31)32-8-7-14-49(32)36(50)19-44-40(52)54-4/h9-12,15-18,23,32,37H,6-8,13-14,19-22H2,1-5H3,(H,42,45)(H,43,46)(H,44,52)(H,47,53). The first kappa shape index (κ1) is 38.9. The fourth-order valence-electron chi connectivity index (χ4n) is 7.60. The molecule has 16 heteroatoms. The predicted molar refractivity (Wildman–Crippen MR) is 210 cm³/mol. The van der Waals surface area contributed by atoms with E-state index in [1.54, 1.807) is 22.2 Å². The number of hydrogen-bond donors (Lipinski definition) is 4. The number of hydrogen-bond acceptors (Lipinski definition) is 10. The molecule has 0 spiro atoms. The highest BCUT2D eigenvalue weighted by Crippen LogP contribution is 2.45. The van der Waals surface area contributed by atoms with Crippen LogP contribution in [0.4, 0.5) is 9.59 Å². The van der Waals surface area contributed by atoms with E-state index in [1.807, 2.05) is 57.2 Å². The number of nitrogens with zero attached hydrogens (tertiary/aromatic N) is 4. The van der Waals surface area contributed by atoms with Crippen LogP contribution < -0.4 is 20.1 Å². The minimum Gasteiger partial charge on any atom is -0.488 e. The highest BCUT2D eigenvalue weighted by Gasteiger charge is 2.33. The van der Waals surface area contributed by atoms with E-state index in [-0.39, 0.29) is 36.9 Å². The van der Waals surface area contributed by atoms with E-state index < -0.39 is 18.2 Å². The first-order valence-corrected chi connectivity index (χ1v) is 19.2. The van der Waals surface area contributed by atoms with Crippen LogP contribution in [0.3, 0.4) is 0 Å². The average Bonchev–Trinajstić information content (AvgIpc) is 4.02. The lowest BCUT2D eigenvalue weighted by molar-refractivity contribution is -0.135. The number of H-pyrrole nitrogens is 2. The summed E-state index contributed by atoms with van der Waals surface area (Å²) in [7, 11) is 2.54. The van der Waals surface area contributed by atoms with Gasteiger partial charge < -0.3 is 49.3 Å². The first-order chi connectivity index (χ1) is 27.6. The Balaban J connectivity index is 1.04. The molecule has 0 aliphatic carbocycles. The molecular weight excluding hydrogens is 732 g/mol. The summed E-state index contributed by atoms with van der Waals surface area (Å²) in [4.78, 5) is 69.2. The molecule has 0 radical (unpaired) electrons. The van der Waals surface area contributed by atoms with Gasteiger partial charge in [0.2, 0.25) is 11.8 Å². The number of nitrogens with one attached hydrogen (secondary N) is 4. The van der Waals surface area contributed by atoms with Gasteiger partial charge in [0.1, 0.15) is 48.9 Å². The zero-order valence-corrected chi connectivity index (χ0v) is 32.8. The van der Waals surface area contributed by atoms with Crippen LogP contribution in [0.25, 0.3) is 33.7 Å². The number of methoxy groups -OCH3 is 2. The topological polar surface area (TPSA) is 193 Å². The van der Waals surface area contributed by atoms with Gasteiger partial charge in [-0.15, -0.1) is 0 Å².